The molecule has 1 saturated heterocycles. The number of imide groups is 2. The third kappa shape index (κ3) is 7.28. The summed E-state index contributed by atoms with van der Waals surface area (Å²) in [4.78, 5) is 52.0. The van der Waals surface area contributed by atoms with E-state index < -0.39 is 23.8 Å². The number of benzene rings is 3. The van der Waals surface area contributed by atoms with Gasteiger partial charge in [0, 0.05) is 11.8 Å². The summed E-state index contributed by atoms with van der Waals surface area (Å²) in [6.45, 7) is 5.96. The molecule has 0 bridgehead atoms. The van der Waals surface area contributed by atoms with E-state index in [0.29, 0.717) is 23.8 Å². The van der Waals surface area contributed by atoms with Gasteiger partial charge in [-0.3, -0.25) is 19.7 Å². The third-order valence-electron chi connectivity index (χ3n) is 6.44. The van der Waals surface area contributed by atoms with Crippen LogP contribution in [0.25, 0.3) is 6.08 Å². The summed E-state index contributed by atoms with van der Waals surface area (Å²) >= 11 is 12.8. The Labute approximate surface area is 258 Å². The second kappa shape index (κ2) is 13.6. The first kappa shape index (κ1) is 31.4. The number of halogens is 2. The molecule has 0 aliphatic carbocycles. The Bertz CT molecular complexity index is 1610. The zero-order valence-electron chi connectivity index (χ0n) is 23.9. The number of nitrogens with zero attached hydrogens (tertiary/aromatic N) is 1. The van der Waals surface area contributed by atoms with Gasteiger partial charge in [0.2, 0.25) is 0 Å². The molecule has 2 N–H and O–H groups in total. The zero-order chi connectivity index (χ0) is 31.3. The predicted molar refractivity (Wildman–Crippen MR) is 164 cm³/mol. The maximum atomic E-state index is 13.4. The van der Waals surface area contributed by atoms with Gasteiger partial charge in [-0.15, -0.1) is 0 Å². The summed E-state index contributed by atoms with van der Waals surface area (Å²) in [5.41, 5.74) is 2.87. The standard InChI is InChI=1S/C31H29Cl2N3O7/c1-5-10-42-25-9-8-21(15-26(25)41-4)36-30(39)22(29(38)35-31(36)40)12-19-13-23(32)28(24(33)14-19)43-16-27(37)34-20-7-6-17(2)18(3)11-20/h6-9,11-15H,5,10,16H2,1-4H3,(H,34,37)(H,35,38,40)/b22-12-. The highest BCUT2D eigenvalue weighted by Crippen LogP contribution is 2.36. The molecule has 0 radical (unpaired) electrons. The number of hydrogen-bond donors (Lipinski definition) is 2. The van der Waals surface area contributed by atoms with Gasteiger partial charge in [-0.2, -0.15) is 0 Å². The molecular formula is C31H29Cl2N3O7. The second-order valence-corrected chi connectivity index (χ2v) is 10.4. The lowest BCUT2D eigenvalue weighted by Gasteiger charge is -2.27. The fraction of sp³-hybridized carbons (Fsp3) is 0.226. The van der Waals surface area contributed by atoms with E-state index in [9.17, 15) is 19.2 Å². The van der Waals surface area contributed by atoms with E-state index in [2.05, 4.69) is 10.6 Å². The van der Waals surface area contributed by atoms with Crippen LogP contribution in [0.3, 0.4) is 0 Å². The number of carbonyl (C=O) groups excluding carboxylic acids is 4. The lowest BCUT2D eigenvalue weighted by atomic mass is 10.1. The van der Waals surface area contributed by atoms with Crippen molar-refractivity contribution in [3.8, 4) is 17.2 Å². The normalized spacial score (nSPS) is 14.0. The van der Waals surface area contributed by atoms with Crippen LogP contribution in [0.1, 0.15) is 30.0 Å². The van der Waals surface area contributed by atoms with Gasteiger partial charge in [-0.1, -0.05) is 36.2 Å². The molecule has 43 heavy (non-hydrogen) atoms. The first-order chi connectivity index (χ1) is 20.5. The first-order valence-electron chi connectivity index (χ1n) is 13.2. The molecule has 0 atom stereocenters. The molecule has 1 fully saturated rings. The average Bonchev–Trinajstić information content (AvgIpc) is 2.95. The van der Waals surface area contributed by atoms with Crippen molar-refractivity contribution in [3.05, 3.63) is 80.8 Å². The number of amides is 5. The van der Waals surface area contributed by atoms with Crippen LogP contribution in [-0.2, 0) is 14.4 Å². The van der Waals surface area contributed by atoms with Crippen LogP contribution < -0.4 is 29.7 Å². The van der Waals surface area contributed by atoms with Gasteiger partial charge in [-0.25, -0.2) is 9.69 Å². The van der Waals surface area contributed by atoms with Crippen molar-refractivity contribution < 1.29 is 33.4 Å². The van der Waals surface area contributed by atoms with Crippen LogP contribution in [0.15, 0.2) is 54.1 Å². The molecule has 0 spiro atoms. The monoisotopic (exact) mass is 625 g/mol. The summed E-state index contributed by atoms with van der Waals surface area (Å²) < 4.78 is 16.6. The van der Waals surface area contributed by atoms with Crippen molar-refractivity contribution >= 4 is 64.4 Å². The summed E-state index contributed by atoms with van der Waals surface area (Å²) in [5, 5.41) is 5.00. The fourth-order valence-corrected chi connectivity index (χ4v) is 4.75. The fourth-order valence-electron chi connectivity index (χ4n) is 4.14. The number of aryl methyl sites for hydroxylation is 2. The van der Waals surface area contributed by atoms with Crippen molar-refractivity contribution in [2.24, 2.45) is 0 Å². The minimum Gasteiger partial charge on any atom is -0.493 e. The highest BCUT2D eigenvalue weighted by Gasteiger charge is 2.37. The molecule has 10 nitrogen and oxygen atoms in total. The van der Waals surface area contributed by atoms with E-state index in [1.165, 1.54) is 37.5 Å². The van der Waals surface area contributed by atoms with Gasteiger partial charge in [0.25, 0.3) is 17.7 Å². The molecule has 5 amide bonds. The lowest BCUT2D eigenvalue weighted by molar-refractivity contribution is -0.122. The van der Waals surface area contributed by atoms with Crippen molar-refractivity contribution in [1.82, 2.24) is 5.32 Å². The Hall–Kier alpha value is -4.54. The molecular weight excluding hydrogens is 597 g/mol. The van der Waals surface area contributed by atoms with Gasteiger partial charge < -0.3 is 19.5 Å². The second-order valence-electron chi connectivity index (χ2n) is 9.59. The van der Waals surface area contributed by atoms with Crippen LogP contribution in [0.2, 0.25) is 10.0 Å². The molecule has 0 unspecified atom stereocenters. The maximum absolute atomic E-state index is 13.4. The van der Waals surface area contributed by atoms with Crippen LogP contribution in [0, 0.1) is 13.8 Å². The summed E-state index contributed by atoms with van der Waals surface area (Å²) in [7, 11) is 1.43. The molecule has 224 valence electrons. The Morgan fingerprint density at radius 2 is 1.67 bits per heavy atom. The summed E-state index contributed by atoms with van der Waals surface area (Å²) in [6.07, 6.45) is 2.03. The predicted octanol–water partition coefficient (Wildman–Crippen LogP) is 6.09. The summed E-state index contributed by atoms with van der Waals surface area (Å²) in [6, 6.07) is 12.0. The van der Waals surface area contributed by atoms with Crippen molar-refractivity contribution in [1.29, 1.82) is 0 Å². The molecule has 1 aliphatic rings. The number of anilines is 2. The van der Waals surface area contributed by atoms with Gasteiger partial charge in [-0.05, 0) is 79.4 Å². The minimum atomic E-state index is -0.921. The number of barbiturate groups is 1. The lowest BCUT2D eigenvalue weighted by Crippen LogP contribution is -2.54. The van der Waals surface area contributed by atoms with E-state index in [0.717, 1.165) is 22.4 Å². The van der Waals surface area contributed by atoms with Crippen molar-refractivity contribution in [3.63, 3.8) is 0 Å². The van der Waals surface area contributed by atoms with Crippen molar-refractivity contribution in [2.45, 2.75) is 27.2 Å². The van der Waals surface area contributed by atoms with E-state index in [4.69, 9.17) is 37.4 Å². The Morgan fingerprint density at radius 3 is 2.33 bits per heavy atom. The topological polar surface area (TPSA) is 123 Å². The zero-order valence-corrected chi connectivity index (χ0v) is 25.4. The Kier molecular flexibility index (Phi) is 9.95. The highest BCUT2D eigenvalue weighted by atomic mass is 35.5. The number of urea groups is 1. The van der Waals surface area contributed by atoms with Gasteiger partial charge in [0.05, 0.1) is 29.4 Å². The van der Waals surface area contributed by atoms with Gasteiger partial charge in [0.15, 0.2) is 23.9 Å². The molecule has 1 aliphatic heterocycles. The van der Waals surface area contributed by atoms with Crippen molar-refractivity contribution in [2.75, 3.05) is 30.5 Å². The smallest absolute Gasteiger partial charge is 0.335 e. The SMILES string of the molecule is CCCOc1ccc(N2C(=O)NC(=O)/C(=C/c3cc(Cl)c(OCC(=O)Nc4ccc(C)c(C)c4)c(Cl)c3)C2=O)cc1OC. The molecule has 1 heterocycles. The Morgan fingerprint density at radius 1 is 0.953 bits per heavy atom. The first-order valence-corrected chi connectivity index (χ1v) is 14.0. The van der Waals surface area contributed by atoms with Crippen LogP contribution in [0.4, 0.5) is 16.2 Å². The number of nitrogens with one attached hydrogen (secondary N) is 2. The number of ether oxygens (including phenoxy) is 3. The summed E-state index contributed by atoms with van der Waals surface area (Å²) in [5.74, 6) is -1.37. The third-order valence-corrected chi connectivity index (χ3v) is 7.00. The molecule has 12 heteroatoms. The molecule has 3 aromatic carbocycles. The molecule has 0 aromatic heterocycles. The molecule has 0 saturated carbocycles. The molecule has 3 aromatic rings. The quantitative estimate of drug-likeness (QED) is 0.206. The average molecular weight is 626 g/mol. The van der Waals surface area contributed by atoms with Gasteiger partial charge >= 0.3 is 6.03 Å². The molecule has 4 rings (SSSR count). The number of carbonyl (C=O) groups is 4. The largest absolute Gasteiger partial charge is 0.493 e. The number of hydrogen-bond acceptors (Lipinski definition) is 7. The van der Waals surface area contributed by atoms with Crippen LogP contribution in [0.5, 0.6) is 17.2 Å². The van der Waals surface area contributed by atoms with E-state index in [1.807, 2.05) is 32.9 Å². The number of methoxy groups -OCH3 is 1. The van der Waals surface area contributed by atoms with E-state index in [-0.39, 0.29) is 39.2 Å². The maximum Gasteiger partial charge on any atom is 0.335 e. The van der Waals surface area contributed by atoms with Gasteiger partial charge in [0.1, 0.15) is 5.57 Å². The Balaban J connectivity index is 1.52. The van der Waals surface area contributed by atoms with Crippen LogP contribution in [-0.4, -0.2) is 44.1 Å². The van der Waals surface area contributed by atoms with E-state index >= 15 is 0 Å². The minimum absolute atomic E-state index is 0.0438. The number of rotatable bonds is 10. The highest BCUT2D eigenvalue weighted by molar-refractivity contribution is 6.40. The van der Waals surface area contributed by atoms with E-state index in [1.54, 1.807) is 12.1 Å². The van der Waals surface area contributed by atoms with Crippen LogP contribution >= 0.6 is 23.2 Å².